The lowest BCUT2D eigenvalue weighted by molar-refractivity contribution is -0.754. The highest BCUT2D eigenvalue weighted by Crippen LogP contribution is 2.00. The molecule has 1 aromatic heterocycles. The van der Waals surface area contributed by atoms with Crippen LogP contribution in [-0.4, -0.2) is 15.8 Å². The van der Waals surface area contributed by atoms with Crippen LogP contribution in [0.2, 0.25) is 0 Å². The summed E-state index contributed by atoms with van der Waals surface area (Å²) in [5.74, 6) is -0.376. The molecule has 0 bridgehead atoms. The number of carbonyl (C=O) groups excluding carboxylic acids is 1. The van der Waals surface area contributed by atoms with Crippen molar-refractivity contribution in [3.05, 3.63) is 87.8 Å². The van der Waals surface area contributed by atoms with Gasteiger partial charge >= 0.3 is 17.2 Å². The van der Waals surface area contributed by atoms with Gasteiger partial charge in [0.15, 0.2) is 0 Å². The van der Waals surface area contributed by atoms with Gasteiger partial charge in [-0.2, -0.15) is 4.68 Å². The molecule has 0 radical (unpaired) electrons. The summed E-state index contributed by atoms with van der Waals surface area (Å²) in [6.07, 6.45) is 0. The molecular formula is C19H21N4O2+. The van der Waals surface area contributed by atoms with Crippen LogP contribution in [0.25, 0.3) is 0 Å². The lowest BCUT2D eigenvalue weighted by Crippen LogP contribution is -2.45. The first-order valence-electron chi connectivity index (χ1n) is 8.27. The van der Waals surface area contributed by atoms with E-state index in [9.17, 15) is 9.59 Å². The van der Waals surface area contributed by atoms with Gasteiger partial charge in [-0.15, -0.1) is 4.68 Å². The Hall–Kier alpha value is -3.15. The summed E-state index contributed by atoms with van der Waals surface area (Å²) < 4.78 is 3.03. The van der Waals surface area contributed by atoms with E-state index in [4.69, 9.17) is 0 Å². The Balaban J connectivity index is 1.80. The van der Waals surface area contributed by atoms with E-state index in [1.54, 1.807) is 4.68 Å². The second-order valence-electron chi connectivity index (χ2n) is 5.74. The number of rotatable bonds is 6. The molecule has 3 rings (SSSR count). The first-order chi connectivity index (χ1) is 12.2. The molecule has 2 N–H and O–H groups in total. The third kappa shape index (κ3) is 3.85. The van der Waals surface area contributed by atoms with Gasteiger partial charge in [0.05, 0.1) is 0 Å². The zero-order valence-electron chi connectivity index (χ0n) is 14.1. The van der Waals surface area contributed by atoms with Crippen molar-refractivity contribution in [3.63, 3.8) is 0 Å². The fraction of sp³-hybridized carbons (Fsp3) is 0.211. The molecule has 0 spiro atoms. The highest BCUT2D eigenvalue weighted by atomic mass is 16.2. The number of aryl methyl sites for hydroxylation is 1. The smallest absolute Gasteiger partial charge is 0.345 e. The van der Waals surface area contributed by atoms with Crippen LogP contribution in [0.4, 0.5) is 0 Å². The molecule has 2 aromatic carbocycles. The van der Waals surface area contributed by atoms with Crippen LogP contribution in [0.5, 0.6) is 0 Å². The van der Waals surface area contributed by atoms with Crippen LogP contribution in [0, 0.1) is 0 Å². The van der Waals surface area contributed by atoms with E-state index in [0.29, 0.717) is 19.6 Å². The van der Waals surface area contributed by atoms with Crippen LogP contribution < -0.4 is 15.6 Å². The Morgan fingerprint density at radius 3 is 2.24 bits per heavy atom. The first kappa shape index (κ1) is 16.7. The minimum Gasteiger partial charge on any atom is -0.345 e. The molecule has 0 atom stereocenters. The van der Waals surface area contributed by atoms with Gasteiger partial charge in [0.25, 0.3) is 0 Å². The Kier molecular flexibility index (Phi) is 5.09. The SMILES string of the molecule is CC[n+]1[nH]n(Cc2ccccc2)c(=O)c1C(=O)NCc1ccccc1. The average Bonchev–Trinajstić information content (AvgIpc) is 2.97. The number of hydrogen-bond donors (Lipinski definition) is 2. The lowest BCUT2D eigenvalue weighted by atomic mass is 10.2. The van der Waals surface area contributed by atoms with Gasteiger partial charge in [0, 0.05) is 6.54 Å². The Morgan fingerprint density at radius 1 is 1.04 bits per heavy atom. The van der Waals surface area contributed by atoms with Crippen LogP contribution in [0.15, 0.2) is 65.5 Å². The molecule has 0 unspecified atom stereocenters. The molecule has 0 fully saturated rings. The fourth-order valence-electron chi connectivity index (χ4n) is 2.67. The highest BCUT2D eigenvalue weighted by Gasteiger charge is 2.27. The maximum absolute atomic E-state index is 12.7. The largest absolute Gasteiger partial charge is 0.406 e. The molecule has 3 aromatic rings. The quantitative estimate of drug-likeness (QED) is 0.669. The molecule has 0 aliphatic heterocycles. The first-order valence-corrected chi connectivity index (χ1v) is 8.27. The number of nitrogens with zero attached hydrogens (tertiary/aromatic N) is 2. The van der Waals surface area contributed by atoms with Gasteiger partial charge in [0.1, 0.15) is 13.1 Å². The monoisotopic (exact) mass is 337 g/mol. The summed E-state index contributed by atoms with van der Waals surface area (Å²) in [7, 11) is 0. The molecule has 25 heavy (non-hydrogen) atoms. The molecule has 0 saturated carbocycles. The second-order valence-corrected chi connectivity index (χ2v) is 5.74. The average molecular weight is 337 g/mol. The summed E-state index contributed by atoms with van der Waals surface area (Å²) in [6.45, 7) is 3.17. The van der Waals surface area contributed by atoms with Gasteiger partial charge in [-0.3, -0.25) is 4.79 Å². The van der Waals surface area contributed by atoms with Crippen molar-refractivity contribution < 1.29 is 9.48 Å². The number of aromatic amines is 1. The summed E-state index contributed by atoms with van der Waals surface area (Å²) in [6, 6.07) is 19.3. The van der Waals surface area contributed by atoms with Crippen LogP contribution in [0.3, 0.4) is 0 Å². The van der Waals surface area contributed by atoms with Crippen molar-refractivity contribution in [2.24, 2.45) is 0 Å². The normalized spacial score (nSPS) is 10.6. The zero-order valence-corrected chi connectivity index (χ0v) is 14.1. The zero-order chi connectivity index (χ0) is 17.6. The van der Waals surface area contributed by atoms with Crippen molar-refractivity contribution in [3.8, 4) is 0 Å². The molecule has 6 nitrogen and oxygen atoms in total. The maximum Gasteiger partial charge on any atom is 0.406 e. The minimum atomic E-state index is -0.376. The molecule has 1 heterocycles. The fourth-order valence-corrected chi connectivity index (χ4v) is 2.67. The van der Waals surface area contributed by atoms with E-state index in [2.05, 4.69) is 10.5 Å². The van der Waals surface area contributed by atoms with E-state index in [-0.39, 0.29) is 17.2 Å². The Labute approximate surface area is 145 Å². The standard InChI is InChI=1S/C19H20N4O2/c1-2-22-17(18(24)20-13-15-9-5-3-6-10-15)19(25)23(21-22)14-16-11-7-4-8-12-16/h3-12H,2,13-14H2,1H3,(H-,20,21,24,25)/p+1. The number of hydrogen-bond acceptors (Lipinski definition) is 2. The number of amides is 1. The Morgan fingerprint density at radius 2 is 1.64 bits per heavy atom. The molecule has 1 amide bonds. The summed E-state index contributed by atoms with van der Waals surface area (Å²) in [5, 5.41) is 5.80. The lowest BCUT2D eigenvalue weighted by Gasteiger charge is -2.02. The van der Waals surface area contributed by atoms with E-state index in [1.165, 1.54) is 4.68 Å². The Bertz CT molecular complexity index is 898. The molecule has 0 saturated heterocycles. The number of benzene rings is 2. The van der Waals surface area contributed by atoms with Gasteiger partial charge in [0.2, 0.25) is 0 Å². The summed E-state index contributed by atoms with van der Waals surface area (Å²) in [5.41, 5.74) is 1.77. The molecule has 0 aliphatic carbocycles. The van der Waals surface area contributed by atoms with Gasteiger partial charge < -0.3 is 5.32 Å². The molecule has 128 valence electrons. The van der Waals surface area contributed by atoms with E-state index in [0.717, 1.165) is 11.1 Å². The third-order valence-electron chi connectivity index (χ3n) is 3.97. The predicted octanol–water partition coefficient (Wildman–Crippen LogP) is 1.46. The molecular weight excluding hydrogens is 316 g/mol. The number of H-pyrrole nitrogens is 1. The van der Waals surface area contributed by atoms with Crippen LogP contribution >= 0.6 is 0 Å². The highest BCUT2D eigenvalue weighted by molar-refractivity contribution is 5.90. The predicted molar refractivity (Wildman–Crippen MR) is 94.1 cm³/mol. The molecule has 6 heteroatoms. The van der Waals surface area contributed by atoms with Gasteiger partial charge in [-0.1, -0.05) is 65.9 Å². The van der Waals surface area contributed by atoms with Crippen molar-refractivity contribution >= 4 is 5.91 Å². The van der Waals surface area contributed by atoms with E-state index >= 15 is 0 Å². The van der Waals surface area contributed by atoms with Crippen molar-refractivity contribution in [1.29, 1.82) is 0 Å². The topological polar surface area (TPSA) is 70.8 Å². The van der Waals surface area contributed by atoms with Crippen LogP contribution in [0.1, 0.15) is 28.5 Å². The maximum atomic E-state index is 12.7. The second kappa shape index (κ2) is 7.61. The summed E-state index contributed by atoms with van der Waals surface area (Å²) >= 11 is 0. The minimum absolute atomic E-state index is 0.120. The van der Waals surface area contributed by atoms with Crippen molar-refractivity contribution in [1.82, 2.24) is 15.2 Å². The number of carbonyl (C=O) groups is 1. The van der Waals surface area contributed by atoms with Crippen molar-refractivity contribution in [2.75, 3.05) is 0 Å². The third-order valence-corrected chi connectivity index (χ3v) is 3.97. The van der Waals surface area contributed by atoms with Gasteiger partial charge in [-0.25, -0.2) is 4.79 Å². The number of aromatic nitrogens is 3. The van der Waals surface area contributed by atoms with E-state index in [1.807, 2.05) is 67.6 Å². The molecule has 0 aliphatic rings. The van der Waals surface area contributed by atoms with Crippen molar-refractivity contribution in [2.45, 2.75) is 26.6 Å². The van der Waals surface area contributed by atoms with Gasteiger partial charge in [-0.05, 0) is 18.1 Å². The number of nitrogens with one attached hydrogen (secondary N) is 2. The van der Waals surface area contributed by atoms with E-state index < -0.39 is 0 Å². The summed E-state index contributed by atoms with van der Waals surface area (Å²) in [4.78, 5) is 25.2. The van der Waals surface area contributed by atoms with Crippen LogP contribution in [-0.2, 0) is 19.6 Å².